The molecule has 1 fully saturated rings. The van der Waals surface area contributed by atoms with Gasteiger partial charge in [0.15, 0.2) is 11.3 Å². The zero-order chi connectivity index (χ0) is 18.2. The number of carboxylic acids is 1. The Morgan fingerprint density at radius 2 is 1.76 bits per heavy atom. The quantitative estimate of drug-likeness (QED) is 0.754. The second kappa shape index (κ2) is 6.48. The predicted octanol–water partition coefficient (Wildman–Crippen LogP) is 3.77. The fourth-order valence-corrected chi connectivity index (χ4v) is 3.78. The minimum atomic E-state index is -1.68. The van der Waals surface area contributed by atoms with Crippen LogP contribution in [-0.2, 0) is 4.79 Å². The van der Waals surface area contributed by atoms with Crippen molar-refractivity contribution in [1.82, 2.24) is 4.90 Å². The van der Waals surface area contributed by atoms with Crippen molar-refractivity contribution < 1.29 is 24.6 Å². The van der Waals surface area contributed by atoms with E-state index in [1.165, 1.54) is 0 Å². The van der Waals surface area contributed by atoms with Crippen LogP contribution in [0.25, 0.3) is 10.8 Å². The molecule has 1 aliphatic rings. The molecule has 0 radical (unpaired) electrons. The third-order valence-electron chi connectivity index (χ3n) is 4.70. The van der Waals surface area contributed by atoms with Gasteiger partial charge in [-0.3, -0.25) is 9.69 Å². The first kappa shape index (κ1) is 17.4. The molecule has 3 rings (SSSR count). The summed E-state index contributed by atoms with van der Waals surface area (Å²) in [5.41, 5.74) is -1.30. The molecule has 1 aliphatic heterocycles. The van der Waals surface area contributed by atoms with Crippen molar-refractivity contribution >= 4 is 44.5 Å². The Labute approximate surface area is 152 Å². The highest BCUT2D eigenvalue weighted by atomic mass is 79.9. The number of benzene rings is 2. The molecule has 2 aromatic rings. The maximum Gasteiger partial charge on any atom is 0.408 e. The number of halogens is 1. The molecule has 0 aliphatic carbocycles. The largest absolute Gasteiger partial charge is 0.479 e. The highest BCUT2D eigenvalue weighted by molar-refractivity contribution is 9.10. The molecule has 0 spiro atoms. The molecule has 0 saturated carbocycles. The Morgan fingerprint density at radius 3 is 2.44 bits per heavy atom. The van der Waals surface area contributed by atoms with E-state index in [2.05, 4.69) is 15.9 Å². The molecule has 7 heteroatoms. The molecule has 1 heterocycles. The van der Waals surface area contributed by atoms with E-state index in [0.717, 1.165) is 20.1 Å². The van der Waals surface area contributed by atoms with Crippen LogP contribution in [0.15, 0.2) is 40.9 Å². The van der Waals surface area contributed by atoms with Gasteiger partial charge in [-0.1, -0.05) is 34.1 Å². The molecule has 1 atom stereocenters. The van der Waals surface area contributed by atoms with E-state index < -0.39 is 17.6 Å². The SMILES string of the molecule is O=C(CC1(C(=O)O)CCCN1C(=O)O)c1ccc2cc(Br)ccc2c1. The van der Waals surface area contributed by atoms with Crippen LogP contribution in [0.4, 0.5) is 4.79 Å². The molecular weight excluding hydrogens is 390 g/mol. The van der Waals surface area contributed by atoms with E-state index in [1.54, 1.807) is 18.2 Å². The zero-order valence-electron chi connectivity index (χ0n) is 13.2. The fraction of sp³-hybridized carbons (Fsp3) is 0.278. The number of carbonyl (C=O) groups is 3. The Bertz CT molecular complexity index is 881. The second-order valence-corrected chi connectivity index (χ2v) is 7.10. The van der Waals surface area contributed by atoms with E-state index in [0.29, 0.717) is 12.0 Å². The Hall–Kier alpha value is -2.41. The highest BCUT2D eigenvalue weighted by Gasteiger charge is 2.51. The van der Waals surface area contributed by atoms with E-state index in [-0.39, 0.29) is 25.2 Å². The number of aliphatic carboxylic acids is 1. The summed E-state index contributed by atoms with van der Waals surface area (Å²) in [5, 5.41) is 20.7. The monoisotopic (exact) mass is 405 g/mol. The minimum Gasteiger partial charge on any atom is -0.479 e. The lowest BCUT2D eigenvalue weighted by atomic mass is 9.87. The topological polar surface area (TPSA) is 94.9 Å². The first-order chi connectivity index (χ1) is 11.8. The van der Waals surface area contributed by atoms with Gasteiger partial charge in [-0.15, -0.1) is 0 Å². The summed E-state index contributed by atoms with van der Waals surface area (Å²) in [4.78, 5) is 36.8. The van der Waals surface area contributed by atoms with Crippen molar-refractivity contribution in [3.05, 3.63) is 46.4 Å². The Kier molecular flexibility index (Phi) is 4.51. The summed E-state index contributed by atoms with van der Waals surface area (Å²) >= 11 is 3.39. The average molecular weight is 406 g/mol. The molecule has 1 amide bonds. The normalized spacial score (nSPS) is 20.0. The standard InChI is InChI=1S/C18H16BrNO5/c19-14-5-4-11-8-13(3-2-12(11)9-14)15(21)10-18(16(22)23)6-1-7-20(18)17(24)25/h2-5,8-9H,1,6-7,10H2,(H,22,23)(H,24,25). The van der Waals surface area contributed by atoms with Gasteiger partial charge in [0.2, 0.25) is 0 Å². The summed E-state index contributed by atoms with van der Waals surface area (Å²) in [6.45, 7) is 0.126. The zero-order valence-corrected chi connectivity index (χ0v) is 14.8. The molecule has 6 nitrogen and oxygen atoms in total. The van der Waals surface area contributed by atoms with Gasteiger partial charge in [-0.2, -0.15) is 0 Å². The van der Waals surface area contributed by atoms with Gasteiger partial charge >= 0.3 is 12.1 Å². The number of amides is 1. The number of fused-ring (bicyclic) bond motifs is 1. The molecule has 0 bridgehead atoms. The summed E-state index contributed by atoms with van der Waals surface area (Å²) in [6.07, 6.45) is -1.11. The lowest BCUT2D eigenvalue weighted by Crippen LogP contribution is -2.53. The smallest absolute Gasteiger partial charge is 0.408 e. The molecule has 1 saturated heterocycles. The third kappa shape index (κ3) is 3.11. The molecular formula is C18H16BrNO5. The number of hydrogen-bond donors (Lipinski definition) is 2. The minimum absolute atomic E-state index is 0.126. The van der Waals surface area contributed by atoms with Crippen LogP contribution in [-0.4, -0.2) is 45.0 Å². The van der Waals surface area contributed by atoms with Gasteiger partial charge in [0.25, 0.3) is 0 Å². The fourth-order valence-electron chi connectivity index (χ4n) is 3.40. The molecule has 25 heavy (non-hydrogen) atoms. The number of rotatable bonds is 4. The summed E-state index contributed by atoms with van der Waals surface area (Å²) in [6, 6.07) is 10.8. The van der Waals surface area contributed by atoms with E-state index in [1.807, 2.05) is 18.2 Å². The number of carboxylic acid groups (broad SMARTS) is 2. The predicted molar refractivity (Wildman–Crippen MR) is 94.9 cm³/mol. The van der Waals surface area contributed by atoms with Gasteiger partial charge in [0.1, 0.15) is 0 Å². The maximum absolute atomic E-state index is 12.7. The second-order valence-electron chi connectivity index (χ2n) is 6.18. The molecule has 0 aromatic heterocycles. The average Bonchev–Trinajstić information content (AvgIpc) is 2.99. The van der Waals surface area contributed by atoms with Crippen molar-refractivity contribution in [2.75, 3.05) is 6.54 Å². The van der Waals surface area contributed by atoms with Gasteiger partial charge in [-0.05, 0) is 41.8 Å². The summed E-state index contributed by atoms with van der Waals surface area (Å²) in [7, 11) is 0. The van der Waals surface area contributed by atoms with E-state index in [4.69, 9.17) is 0 Å². The van der Waals surface area contributed by atoms with Crippen molar-refractivity contribution in [2.24, 2.45) is 0 Å². The molecule has 2 aromatic carbocycles. The van der Waals surface area contributed by atoms with Crippen LogP contribution in [0.2, 0.25) is 0 Å². The number of hydrogen-bond acceptors (Lipinski definition) is 3. The van der Waals surface area contributed by atoms with Crippen molar-refractivity contribution in [1.29, 1.82) is 0 Å². The third-order valence-corrected chi connectivity index (χ3v) is 5.19. The first-order valence-corrected chi connectivity index (χ1v) is 8.59. The van der Waals surface area contributed by atoms with Crippen LogP contribution in [0.3, 0.4) is 0 Å². The van der Waals surface area contributed by atoms with Crippen molar-refractivity contribution in [3.63, 3.8) is 0 Å². The number of likely N-dealkylation sites (tertiary alicyclic amines) is 1. The number of carbonyl (C=O) groups excluding carboxylic acids is 1. The van der Waals surface area contributed by atoms with Gasteiger partial charge in [0, 0.05) is 23.0 Å². The summed E-state index contributed by atoms with van der Waals surface area (Å²) in [5.74, 6) is -1.65. The summed E-state index contributed by atoms with van der Waals surface area (Å²) < 4.78 is 0.923. The van der Waals surface area contributed by atoms with Crippen LogP contribution in [0.5, 0.6) is 0 Å². The van der Waals surface area contributed by atoms with Crippen molar-refractivity contribution in [2.45, 2.75) is 24.8 Å². The van der Waals surface area contributed by atoms with Gasteiger partial charge in [-0.25, -0.2) is 9.59 Å². The van der Waals surface area contributed by atoms with Crippen LogP contribution >= 0.6 is 15.9 Å². The van der Waals surface area contributed by atoms with Crippen LogP contribution < -0.4 is 0 Å². The van der Waals surface area contributed by atoms with Gasteiger partial charge < -0.3 is 10.2 Å². The van der Waals surface area contributed by atoms with Crippen molar-refractivity contribution in [3.8, 4) is 0 Å². The number of ketones is 1. The first-order valence-electron chi connectivity index (χ1n) is 7.80. The number of Topliss-reactive ketones (excluding diaryl/α,β-unsaturated/α-hetero) is 1. The van der Waals surface area contributed by atoms with Crippen LogP contribution in [0, 0.1) is 0 Å². The Morgan fingerprint density at radius 1 is 1.08 bits per heavy atom. The highest BCUT2D eigenvalue weighted by Crippen LogP contribution is 2.34. The number of nitrogens with zero attached hydrogens (tertiary/aromatic N) is 1. The lowest BCUT2D eigenvalue weighted by Gasteiger charge is -2.32. The maximum atomic E-state index is 12.7. The van der Waals surface area contributed by atoms with Gasteiger partial charge in [0.05, 0.1) is 0 Å². The van der Waals surface area contributed by atoms with E-state index in [9.17, 15) is 24.6 Å². The van der Waals surface area contributed by atoms with Crippen LogP contribution in [0.1, 0.15) is 29.6 Å². The molecule has 1 unspecified atom stereocenters. The molecule has 130 valence electrons. The molecule has 2 N–H and O–H groups in total. The Balaban J connectivity index is 1.93. The lowest BCUT2D eigenvalue weighted by molar-refractivity contribution is -0.148. The van der Waals surface area contributed by atoms with E-state index >= 15 is 0 Å².